The summed E-state index contributed by atoms with van der Waals surface area (Å²) in [5.41, 5.74) is -0.713. The summed E-state index contributed by atoms with van der Waals surface area (Å²) in [5.74, 6) is -0.217. The number of nitrogens with zero attached hydrogens (tertiary/aromatic N) is 1. The number of imidazole rings is 1. The first-order valence-electron chi connectivity index (χ1n) is 6.29. The van der Waals surface area contributed by atoms with Gasteiger partial charge in [-0.15, -0.1) is 0 Å². The lowest BCUT2D eigenvalue weighted by Crippen LogP contribution is -2.36. The molecular formula is C12H19N3O4. The van der Waals surface area contributed by atoms with E-state index in [0.29, 0.717) is 18.7 Å². The molecule has 0 aromatic carbocycles. The number of aromatic amines is 2. The number of hydrogen-bond donors (Lipinski definition) is 3. The van der Waals surface area contributed by atoms with E-state index < -0.39 is 17.4 Å². The number of aromatic hydroxyl groups is 1. The van der Waals surface area contributed by atoms with Gasteiger partial charge >= 0.3 is 11.8 Å². The normalized spacial score (nSPS) is 19.7. The highest BCUT2D eigenvalue weighted by atomic mass is 16.6. The molecule has 1 aliphatic rings. The molecule has 19 heavy (non-hydrogen) atoms. The number of amides is 1. The zero-order chi connectivity index (χ0) is 14.2. The van der Waals surface area contributed by atoms with Crippen molar-refractivity contribution in [2.75, 3.05) is 6.54 Å². The second kappa shape index (κ2) is 4.64. The SMILES string of the molecule is CC(C)(C)OC(=O)N1CCC[C@@H]1c1[nH]c(=O)[nH]c1O. The van der Waals surface area contributed by atoms with E-state index in [9.17, 15) is 14.7 Å². The highest BCUT2D eigenvalue weighted by Crippen LogP contribution is 2.34. The average Bonchev–Trinajstić information content (AvgIpc) is 2.81. The van der Waals surface area contributed by atoms with Crippen molar-refractivity contribution in [3.63, 3.8) is 0 Å². The van der Waals surface area contributed by atoms with Gasteiger partial charge in [-0.1, -0.05) is 0 Å². The van der Waals surface area contributed by atoms with Crippen molar-refractivity contribution in [2.24, 2.45) is 0 Å². The molecule has 2 rings (SSSR count). The maximum atomic E-state index is 12.1. The van der Waals surface area contributed by atoms with E-state index in [2.05, 4.69) is 9.97 Å². The summed E-state index contributed by atoms with van der Waals surface area (Å²) >= 11 is 0. The van der Waals surface area contributed by atoms with Crippen LogP contribution in [0.1, 0.15) is 45.3 Å². The van der Waals surface area contributed by atoms with Crippen molar-refractivity contribution in [3.8, 4) is 5.88 Å². The number of H-pyrrole nitrogens is 2. The minimum absolute atomic E-state index is 0.217. The number of likely N-dealkylation sites (tertiary alicyclic amines) is 1. The van der Waals surface area contributed by atoms with Gasteiger partial charge in [0.15, 0.2) is 0 Å². The van der Waals surface area contributed by atoms with Crippen LogP contribution < -0.4 is 5.69 Å². The van der Waals surface area contributed by atoms with Crippen LogP contribution in [-0.2, 0) is 4.74 Å². The van der Waals surface area contributed by atoms with Crippen LogP contribution >= 0.6 is 0 Å². The highest BCUT2D eigenvalue weighted by molar-refractivity contribution is 5.69. The van der Waals surface area contributed by atoms with E-state index in [0.717, 1.165) is 6.42 Å². The Balaban J connectivity index is 2.20. The van der Waals surface area contributed by atoms with Crippen LogP contribution in [0.2, 0.25) is 0 Å². The second-order valence-corrected chi connectivity index (χ2v) is 5.67. The monoisotopic (exact) mass is 269 g/mol. The third-order valence-electron chi connectivity index (χ3n) is 2.95. The van der Waals surface area contributed by atoms with E-state index in [1.165, 1.54) is 4.90 Å². The van der Waals surface area contributed by atoms with Crippen molar-refractivity contribution in [2.45, 2.75) is 45.3 Å². The Bertz CT molecular complexity index is 526. The molecule has 1 aromatic heterocycles. The van der Waals surface area contributed by atoms with Gasteiger partial charge in [0.1, 0.15) is 11.3 Å². The Labute approximate surface area is 110 Å². The Morgan fingerprint density at radius 1 is 1.42 bits per heavy atom. The first kappa shape index (κ1) is 13.5. The van der Waals surface area contributed by atoms with Crippen LogP contribution in [0.5, 0.6) is 5.88 Å². The fourth-order valence-electron chi connectivity index (χ4n) is 2.23. The van der Waals surface area contributed by atoms with Gasteiger partial charge in [-0.2, -0.15) is 0 Å². The predicted molar refractivity (Wildman–Crippen MR) is 68.0 cm³/mol. The molecule has 0 spiro atoms. The number of hydrogen-bond acceptors (Lipinski definition) is 4. The maximum Gasteiger partial charge on any atom is 0.410 e. The first-order valence-corrected chi connectivity index (χ1v) is 6.29. The predicted octanol–water partition coefficient (Wildman–Crippen LogP) is 1.48. The van der Waals surface area contributed by atoms with Crippen LogP contribution in [-0.4, -0.2) is 38.2 Å². The molecule has 0 saturated carbocycles. The summed E-state index contributed by atoms with van der Waals surface area (Å²) in [4.78, 5) is 29.6. The quantitative estimate of drug-likeness (QED) is 0.719. The minimum atomic E-state index is -0.572. The summed E-state index contributed by atoms with van der Waals surface area (Å²) in [6, 6.07) is -0.353. The van der Waals surface area contributed by atoms with Crippen molar-refractivity contribution in [1.29, 1.82) is 0 Å². The number of aromatic nitrogens is 2. The van der Waals surface area contributed by atoms with E-state index in [1.54, 1.807) is 20.8 Å². The van der Waals surface area contributed by atoms with E-state index in [-0.39, 0.29) is 11.9 Å². The number of nitrogens with one attached hydrogen (secondary N) is 2. The van der Waals surface area contributed by atoms with Crippen molar-refractivity contribution >= 4 is 6.09 Å². The van der Waals surface area contributed by atoms with Crippen molar-refractivity contribution < 1.29 is 14.6 Å². The number of ether oxygens (including phenoxy) is 1. The van der Waals surface area contributed by atoms with Gasteiger partial charge in [-0.05, 0) is 33.6 Å². The molecule has 7 nitrogen and oxygen atoms in total. The van der Waals surface area contributed by atoms with Gasteiger partial charge in [0, 0.05) is 6.54 Å². The molecule has 1 aliphatic heterocycles. The van der Waals surface area contributed by atoms with Crippen LogP contribution in [0, 0.1) is 0 Å². The molecule has 0 unspecified atom stereocenters. The standard InChI is InChI=1S/C12H19N3O4/c1-12(2,3)19-11(18)15-6-4-5-7(15)8-9(16)14-10(17)13-8/h7,16H,4-6H2,1-3H3,(H2,13,14,17)/t7-/m1/s1. The van der Waals surface area contributed by atoms with Crippen LogP contribution in [0.25, 0.3) is 0 Å². The Hall–Kier alpha value is -1.92. The Kier molecular flexibility index (Phi) is 3.30. The first-order chi connectivity index (χ1) is 8.78. The molecule has 1 atom stereocenters. The zero-order valence-electron chi connectivity index (χ0n) is 11.3. The number of carbonyl (C=O) groups is 1. The molecular weight excluding hydrogens is 250 g/mol. The van der Waals surface area contributed by atoms with Gasteiger partial charge in [0.25, 0.3) is 0 Å². The van der Waals surface area contributed by atoms with E-state index >= 15 is 0 Å². The van der Waals surface area contributed by atoms with Gasteiger partial charge in [0.05, 0.1) is 6.04 Å². The smallest absolute Gasteiger partial charge is 0.410 e. The van der Waals surface area contributed by atoms with E-state index in [1.807, 2.05) is 0 Å². The molecule has 0 radical (unpaired) electrons. The summed E-state index contributed by atoms with van der Waals surface area (Å²) < 4.78 is 5.32. The summed E-state index contributed by atoms with van der Waals surface area (Å²) in [6.45, 7) is 5.94. The molecule has 0 bridgehead atoms. The molecule has 0 aliphatic carbocycles. The molecule has 1 aromatic rings. The van der Waals surface area contributed by atoms with Crippen LogP contribution in [0.4, 0.5) is 4.79 Å². The third-order valence-corrected chi connectivity index (χ3v) is 2.95. The fraction of sp³-hybridized carbons (Fsp3) is 0.667. The van der Waals surface area contributed by atoms with E-state index in [4.69, 9.17) is 4.74 Å². The lowest BCUT2D eigenvalue weighted by Gasteiger charge is -2.28. The Morgan fingerprint density at radius 3 is 2.63 bits per heavy atom. The minimum Gasteiger partial charge on any atom is -0.493 e. The fourth-order valence-corrected chi connectivity index (χ4v) is 2.23. The highest BCUT2D eigenvalue weighted by Gasteiger charge is 2.35. The molecule has 106 valence electrons. The maximum absolute atomic E-state index is 12.1. The third kappa shape index (κ3) is 2.91. The molecule has 2 heterocycles. The number of carbonyl (C=O) groups excluding carboxylic acids is 1. The summed E-state index contributed by atoms with van der Waals surface area (Å²) in [7, 11) is 0. The lowest BCUT2D eigenvalue weighted by molar-refractivity contribution is 0.0220. The zero-order valence-corrected chi connectivity index (χ0v) is 11.3. The average molecular weight is 269 g/mol. The van der Waals surface area contributed by atoms with Crippen molar-refractivity contribution in [1.82, 2.24) is 14.9 Å². The number of rotatable bonds is 1. The molecule has 3 N–H and O–H groups in total. The van der Waals surface area contributed by atoms with Crippen molar-refractivity contribution in [3.05, 3.63) is 16.2 Å². The van der Waals surface area contributed by atoms with Crippen LogP contribution in [0.15, 0.2) is 4.79 Å². The topological polar surface area (TPSA) is 98.4 Å². The summed E-state index contributed by atoms with van der Waals surface area (Å²) in [6.07, 6.45) is 1.05. The summed E-state index contributed by atoms with van der Waals surface area (Å²) in [5, 5.41) is 9.66. The molecule has 7 heteroatoms. The molecule has 1 fully saturated rings. The second-order valence-electron chi connectivity index (χ2n) is 5.67. The lowest BCUT2D eigenvalue weighted by atomic mass is 10.1. The Morgan fingerprint density at radius 2 is 2.11 bits per heavy atom. The van der Waals surface area contributed by atoms with Gasteiger partial charge in [-0.3, -0.25) is 9.88 Å². The van der Waals surface area contributed by atoms with Gasteiger partial charge in [0.2, 0.25) is 5.88 Å². The van der Waals surface area contributed by atoms with Gasteiger partial charge < -0.3 is 14.8 Å². The molecule has 1 saturated heterocycles. The molecule has 1 amide bonds. The van der Waals surface area contributed by atoms with Gasteiger partial charge in [-0.25, -0.2) is 9.59 Å². The van der Waals surface area contributed by atoms with Crippen LogP contribution in [0.3, 0.4) is 0 Å². The largest absolute Gasteiger partial charge is 0.493 e.